The standard InChI is InChI=1S/C17H26ClN3OSi/c1-23(2,3)10-9-22-12-21-8-7-14-15(19-13-5-4-6-13)11-16(18)20-17(14)21/h7-8,11,13H,4-6,9-10,12H2,1-3H3,(H,19,20). The van der Waals surface area contributed by atoms with Crippen molar-refractivity contribution in [2.45, 2.75) is 57.7 Å². The first kappa shape index (κ1) is 16.8. The molecule has 1 aliphatic carbocycles. The van der Waals surface area contributed by atoms with Crippen LogP contribution in [0.3, 0.4) is 0 Å². The summed E-state index contributed by atoms with van der Waals surface area (Å²) in [6.07, 6.45) is 5.82. The molecular weight excluding hydrogens is 326 g/mol. The van der Waals surface area contributed by atoms with Crippen molar-refractivity contribution in [1.29, 1.82) is 0 Å². The summed E-state index contributed by atoms with van der Waals surface area (Å²) in [6.45, 7) is 8.43. The van der Waals surface area contributed by atoms with Gasteiger partial charge >= 0.3 is 0 Å². The lowest BCUT2D eigenvalue weighted by Crippen LogP contribution is -2.27. The van der Waals surface area contributed by atoms with Gasteiger partial charge in [-0.3, -0.25) is 0 Å². The van der Waals surface area contributed by atoms with Gasteiger partial charge in [0.25, 0.3) is 0 Å². The molecule has 0 amide bonds. The maximum Gasteiger partial charge on any atom is 0.145 e. The second-order valence-corrected chi connectivity index (χ2v) is 13.6. The fourth-order valence-corrected chi connectivity index (χ4v) is 3.61. The van der Waals surface area contributed by atoms with E-state index < -0.39 is 8.07 Å². The van der Waals surface area contributed by atoms with Crippen molar-refractivity contribution in [3.8, 4) is 0 Å². The average molecular weight is 352 g/mol. The van der Waals surface area contributed by atoms with Gasteiger partial charge in [-0.05, 0) is 37.4 Å². The Kier molecular flexibility index (Phi) is 4.99. The minimum Gasteiger partial charge on any atom is -0.382 e. The van der Waals surface area contributed by atoms with Gasteiger partial charge in [0.2, 0.25) is 0 Å². The molecule has 0 unspecified atom stereocenters. The molecule has 0 bridgehead atoms. The first-order valence-electron chi connectivity index (χ1n) is 8.42. The zero-order valence-electron chi connectivity index (χ0n) is 14.2. The van der Waals surface area contributed by atoms with Crippen LogP contribution in [0.25, 0.3) is 11.0 Å². The highest BCUT2D eigenvalue weighted by Crippen LogP contribution is 2.30. The van der Waals surface area contributed by atoms with Gasteiger partial charge in [0.15, 0.2) is 0 Å². The molecule has 126 valence electrons. The maximum atomic E-state index is 6.22. The number of rotatable bonds is 7. The Balaban J connectivity index is 1.71. The molecule has 6 heteroatoms. The average Bonchev–Trinajstić information content (AvgIpc) is 2.81. The summed E-state index contributed by atoms with van der Waals surface area (Å²) in [5.41, 5.74) is 1.98. The van der Waals surface area contributed by atoms with Crippen LogP contribution >= 0.6 is 11.6 Å². The second-order valence-electron chi connectivity index (χ2n) is 7.64. The van der Waals surface area contributed by atoms with E-state index in [0.29, 0.717) is 17.9 Å². The summed E-state index contributed by atoms with van der Waals surface area (Å²) in [4.78, 5) is 4.49. The third-order valence-electron chi connectivity index (χ3n) is 4.39. The van der Waals surface area contributed by atoms with Gasteiger partial charge in [0.1, 0.15) is 17.5 Å². The third-order valence-corrected chi connectivity index (χ3v) is 6.29. The van der Waals surface area contributed by atoms with E-state index >= 15 is 0 Å². The predicted molar refractivity (Wildman–Crippen MR) is 100 cm³/mol. The molecule has 2 aromatic rings. The van der Waals surface area contributed by atoms with Crippen molar-refractivity contribution < 1.29 is 4.74 Å². The molecule has 0 atom stereocenters. The molecule has 0 aliphatic heterocycles. The molecule has 1 N–H and O–H groups in total. The summed E-state index contributed by atoms with van der Waals surface area (Å²) in [6, 6.07) is 5.78. The van der Waals surface area contributed by atoms with Crippen molar-refractivity contribution in [2.75, 3.05) is 11.9 Å². The summed E-state index contributed by atoms with van der Waals surface area (Å²) in [5.74, 6) is 0. The van der Waals surface area contributed by atoms with Crippen LogP contribution in [0.2, 0.25) is 30.8 Å². The quantitative estimate of drug-likeness (QED) is 0.435. The zero-order chi connectivity index (χ0) is 16.4. The number of fused-ring (bicyclic) bond motifs is 1. The zero-order valence-corrected chi connectivity index (χ0v) is 16.0. The number of pyridine rings is 1. The number of ether oxygens (including phenoxy) is 1. The summed E-state index contributed by atoms with van der Waals surface area (Å²) in [7, 11) is -1.05. The van der Waals surface area contributed by atoms with Crippen molar-refractivity contribution in [3.05, 3.63) is 23.5 Å². The number of nitrogens with zero attached hydrogens (tertiary/aromatic N) is 2. The summed E-state index contributed by atoms with van der Waals surface area (Å²) < 4.78 is 7.89. The second kappa shape index (κ2) is 6.83. The van der Waals surface area contributed by atoms with Crippen LogP contribution < -0.4 is 5.32 Å². The fraction of sp³-hybridized carbons (Fsp3) is 0.588. The Morgan fingerprint density at radius 1 is 1.39 bits per heavy atom. The third kappa shape index (κ3) is 4.28. The number of nitrogens with one attached hydrogen (secondary N) is 1. The van der Waals surface area contributed by atoms with Gasteiger partial charge in [0.05, 0.1) is 0 Å². The van der Waals surface area contributed by atoms with E-state index in [2.05, 4.69) is 36.0 Å². The van der Waals surface area contributed by atoms with Gasteiger partial charge in [-0.1, -0.05) is 31.2 Å². The molecule has 1 fully saturated rings. The summed E-state index contributed by atoms with van der Waals surface area (Å²) in [5, 5.41) is 5.24. The Hall–Kier alpha value is -1.04. The topological polar surface area (TPSA) is 39.1 Å². The SMILES string of the molecule is C[Si](C)(C)CCOCn1ccc2c(NC3CCC3)cc(Cl)nc21. The summed E-state index contributed by atoms with van der Waals surface area (Å²) >= 11 is 6.22. The normalized spacial score (nSPS) is 15.8. The smallest absolute Gasteiger partial charge is 0.145 e. The molecule has 4 nitrogen and oxygen atoms in total. The van der Waals surface area contributed by atoms with Crippen LogP contribution in [0.5, 0.6) is 0 Å². The lowest BCUT2D eigenvalue weighted by atomic mass is 9.93. The molecule has 3 rings (SSSR count). The minimum atomic E-state index is -1.05. The first-order valence-corrected chi connectivity index (χ1v) is 12.5. The van der Waals surface area contributed by atoms with E-state index in [1.165, 1.54) is 25.3 Å². The van der Waals surface area contributed by atoms with Crippen molar-refractivity contribution in [2.24, 2.45) is 0 Å². The van der Waals surface area contributed by atoms with Crippen LogP contribution in [-0.2, 0) is 11.5 Å². The molecule has 2 heterocycles. The molecule has 0 saturated heterocycles. The van der Waals surface area contributed by atoms with Crippen LogP contribution in [0.15, 0.2) is 18.3 Å². The number of hydrogen-bond donors (Lipinski definition) is 1. The van der Waals surface area contributed by atoms with Gasteiger partial charge in [-0.2, -0.15) is 0 Å². The van der Waals surface area contributed by atoms with E-state index in [-0.39, 0.29) is 0 Å². The van der Waals surface area contributed by atoms with Gasteiger partial charge in [0, 0.05) is 38.0 Å². The highest BCUT2D eigenvalue weighted by atomic mass is 35.5. The largest absolute Gasteiger partial charge is 0.382 e. The molecule has 1 saturated carbocycles. The van der Waals surface area contributed by atoms with Crippen molar-refractivity contribution >= 4 is 36.4 Å². The Bertz CT molecular complexity index is 676. The van der Waals surface area contributed by atoms with Crippen LogP contribution in [0, 0.1) is 0 Å². The maximum absolute atomic E-state index is 6.22. The molecule has 0 spiro atoms. The van der Waals surface area contributed by atoms with Crippen molar-refractivity contribution in [1.82, 2.24) is 9.55 Å². The van der Waals surface area contributed by atoms with Gasteiger partial charge in [-0.25, -0.2) is 4.98 Å². The molecule has 1 aliphatic rings. The highest BCUT2D eigenvalue weighted by Gasteiger charge is 2.19. The molecule has 23 heavy (non-hydrogen) atoms. The molecule has 2 aromatic heterocycles. The Morgan fingerprint density at radius 2 is 2.17 bits per heavy atom. The number of aromatic nitrogens is 2. The van der Waals surface area contributed by atoms with Gasteiger partial charge in [-0.15, -0.1) is 0 Å². The Labute approximate surface area is 144 Å². The van der Waals surface area contributed by atoms with Gasteiger partial charge < -0.3 is 14.6 Å². The van der Waals surface area contributed by atoms with E-state index in [1.54, 1.807) is 0 Å². The molecule has 0 aromatic carbocycles. The predicted octanol–water partition coefficient (Wildman–Crippen LogP) is 4.97. The van der Waals surface area contributed by atoms with Crippen LogP contribution in [0.1, 0.15) is 19.3 Å². The molecular formula is C17H26ClN3OSi. The number of anilines is 1. The van der Waals surface area contributed by atoms with Crippen LogP contribution in [0.4, 0.5) is 5.69 Å². The van der Waals surface area contributed by atoms with Crippen molar-refractivity contribution in [3.63, 3.8) is 0 Å². The van der Waals surface area contributed by atoms with E-state index in [9.17, 15) is 0 Å². The monoisotopic (exact) mass is 351 g/mol. The van der Waals surface area contributed by atoms with E-state index in [1.807, 2.05) is 16.8 Å². The lowest BCUT2D eigenvalue weighted by Gasteiger charge is -2.27. The number of halogens is 1. The van der Waals surface area contributed by atoms with E-state index in [4.69, 9.17) is 16.3 Å². The minimum absolute atomic E-state index is 0.529. The lowest BCUT2D eigenvalue weighted by molar-refractivity contribution is 0.0899. The fourth-order valence-electron chi connectivity index (χ4n) is 2.67. The number of hydrogen-bond acceptors (Lipinski definition) is 3. The highest BCUT2D eigenvalue weighted by molar-refractivity contribution is 6.76. The molecule has 0 radical (unpaired) electrons. The van der Waals surface area contributed by atoms with E-state index in [0.717, 1.165) is 23.3 Å². The Morgan fingerprint density at radius 3 is 2.83 bits per heavy atom. The first-order chi connectivity index (χ1) is 10.9. The van der Waals surface area contributed by atoms with Crippen LogP contribution in [-0.4, -0.2) is 30.3 Å².